The minimum absolute atomic E-state index is 0.0804. The summed E-state index contributed by atoms with van der Waals surface area (Å²) in [4.78, 5) is 18.7. The summed E-state index contributed by atoms with van der Waals surface area (Å²) in [5, 5.41) is 0. The average Bonchev–Trinajstić information content (AvgIpc) is 2.68. The Kier molecular flexibility index (Phi) is 4.28. The van der Waals surface area contributed by atoms with E-state index in [1.807, 2.05) is 17.0 Å². The van der Waals surface area contributed by atoms with Crippen LogP contribution in [0.4, 0.5) is 5.82 Å². The molecule has 1 amide bonds. The van der Waals surface area contributed by atoms with E-state index in [0.29, 0.717) is 31.2 Å². The molecule has 2 aliphatic rings. The van der Waals surface area contributed by atoms with Crippen molar-refractivity contribution in [2.45, 2.75) is 24.9 Å². The van der Waals surface area contributed by atoms with Crippen LogP contribution in [0.3, 0.4) is 0 Å². The van der Waals surface area contributed by atoms with E-state index in [4.69, 9.17) is 15.2 Å². The quantitative estimate of drug-likeness (QED) is 0.897. The van der Waals surface area contributed by atoms with Crippen molar-refractivity contribution in [1.29, 1.82) is 0 Å². The maximum absolute atomic E-state index is 12.7. The lowest BCUT2D eigenvalue weighted by Gasteiger charge is -2.45. The Morgan fingerprint density at radius 2 is 2.00 bits per heavy atom. The van der Waals surface area contributed by atoms with Gasteiger partial charge in [-0.15, -0.1) is 0 Å². The SMILES string of the molecule is COc1cccc2c1C1(CCN(C(=O)c3cccc(N)n3)CC1)OCC2. The Morgan fingerprint density at radius 1 is 1.23 bits per heavy atom. The van der Waals surface area contributed by atoms with E-state index in [1.165, 1.54) is 5.56 Å². The highest BCUT2D eigenvalue weighted by Gasteiger charge is 2.43. The lowest BCUT2D eigenvalue weighted by Crippen LogP contribution is -2.48. The second-order valence-corrected chi connectivity index (χ2v) is 6.83. The highest BCUT2D eigenvalue weighted by molar-refractivity contribution is 5.92. The zero-order chi connectivity index (χ0) is 18.1. The van der Waals surface area contributed by atoms with Gasteiger partial charge in [0.15, 0.2) is 0 Å². The zero-order valence-corrected chi connectivity index (χ0v) is 14.9. The van der Waals surface area contributed by atoms with Crippen molar-refractivity contribution in [3.63, 3.8) is 0 Å². The van der Waals surface area contributed by atoms with Gasteiger partial charge in [0.05, 0.1) is 13.7 Å². The summed E-state index contributed by atoms with van der Waals surface area (Å²) in [6.45, 7) is 1.94. The molecule has 1 aromatic carbocycles. The average molecular weight is 353 g/mol. The number of hydrogen-bond donors (Lipinski definition) is 1. The minimum atomic E-state index is -0.375. The summed E-state index contributed by atoms with van der Waals surface area (Å²) < 4.78 is 11.9. The summed E-state index contributed by atoms with van der Waals surface area (Å²) in [5.74, 6) is 1.15. The number of methoxy groups -OCH3 is 1. The molecule has 0 unspecified atom stereocenters. The molecule has 2 aromatic rings. The number of nitrogens with zero attached hydrogens (tertiary/aromatic N) is 2. The number of likely N-dealkylation sites (tertiary alicyclic amines) is 1. The largest absolute Gasteiger partial charge is 0.496 e. The molecule has 1 saturated heterocycles. The van der Waals surface area contributed by atoms with Gasteiger partial charge in [0.2, 0.25) is 0 Å². The summed E-state index contributed by atoms with van der Waals surface area (Å²) in [6, 6.07) is 11.3. The maximum Gasteiger partial charge on any atom is 0.272 e. The summed E-state index contributed by atoms with van der Waals surface area (Å²) in [6.07, 6.45) is 2.38. The fourth-order valence-corrected chi connectivity index (χ4v) is 4.10. The molecule has 2 aliphatic heterocycles. The number of carbonyl (C=O) groups excluding carboxylic acids is 1. The third-order valence-corrected chi connectivity index (χ3v) is 5.39. The van der Waals surface area contributed by atoms with Gasteiger partial charge >= 0.3 is 0 Å². The van der Waals surface area contributed by atoms with Crippen LogP contribution in [0.2, 0.25) is 0 Å². The predicted molar refractivity (Wildman–Crippen MR) is 98.1 cm³/mol. The molecule has 1 aromatic heterocycles. The summed E-state index contributed by atoms with van der Waals surface area (Å²) in [5.41, 5.74) is 8.16. The number of ether oxygens (including phenoxy) is 2. The summed E-state index contributed by atoms with van der Waals surface area (Å²) >= 11 is 0. The van der Waals surface area contributed by atoms with Gasteiger partial charge in [-0.2, -0.15) is 0 Å². The third-order valence-electron chi connectivity index (χ3n) is 5.39. The Hall–Kier alpha value is -2.60. The van der Waals surface area contributed by atoms with Gasteiger partial charge in [0.1, 0.15) is 22.9 Å². The van der Waals surface area contributed by atoms with Crippen LogP contribution in [0.1, 0.15) is 34.5 Å². The molecule has 6 heteroatoms. The van der Waals surface area contributed by atoms with Crippen LogP contribution >= 0.6 is 0 Å². The lowest BCUT2D eigenvalue weighted by atomic mass is 9.78. The monoisotopic (exact) mass is 353 g/mol. The first-order valence-electron chi connectivity index (χ1n) is 8.95. The molecule has 1 spiro atoms. The van der Waals surface area contributed by atoms with Crippen LogP contribution in [0.25, 0.3) is 0 Å². The Bertz CT molecular complexity index is 815. The number of carbonyl (C=O) groups is 1. The molecule has 0 radical (unpaired) electrons. The second kappa shape index (κ2) is 6.61. The Morgan fingerprint density at radius 3 is 2.73 bits per heavy atom. The molecule has 0 atom stereocenters. The van der Waals surface area contributed by atoms with E-state index in [2.05, 4.69) is 11.1 Å². The number of amides is 1. The number of hydrogen-bond acceptors (Lipinski definition) is 5. The van der Waals surface area contributed by atoms with E-state index in [-0.39, 0.29) is 11.5 Å². The predicted octanol–water partition coefficient (Wildman–Crippen LogP) is 2.38. The van der Waals surface area contributed by atoms with Gasteiger partial charge in [-0.05, 0) is 43.0 Å². The van der Waals surface area contributed by atoms with Crippen molar-refractivity contribution in [3.8, 4) is 5.75 Å². The van der Waals surface area contributed by atoms with Crippen molar-refractivity contribution in [3.05, 3.63) is 53.2 Å². The van der Waals surface area contributed by atoms with Crippen molar-refractivity contribution in [2.24, 2.45) is 0 Å². The molecule has 0 saturated carbocycles. The van der Waals surface area contributed by atoms with Crippen molar-refractivity contribution < 1.29 is 14.3 Å². The molecule has 136 valence electrons. The van der Waals surface area contributed by atoms with E-state index >= 15 is 0 Å². The normalized spacial score (nSPS) is 18.4. The second-order valence-electron chi connectivity index (χ2n) is 6.83. The molecule has 26 heavy (non-hydrogen) atoms. The maximum atomic E-state index is 12.7. The molecular formula is C20H23N3O3. The molecular weight excluding hydrogens is 330 g/mol. The molecule has 0 bridgehead atoms. The van der Waals surface area contributed by atoms with Gasteiger partial charge < -0.3 is 20.1 Å². The fourth-order valence-electron chi connectivity index (χ4n) is 4.10. The van der Waals surface area contributed by atoms with Gasteiger partial charge in [-0.1, -0.05) is 18.2 Å². The number of fused-ring (bicyclic) bond motifs is 2. The van der Waals surface area contributed by atoms with Gasteiger partial charge in [0.25, 0.3) is 5.91 Å². The van der Waals surface area contributed by atoms with Crippen molar-refractivity contribution in [2.75, 3.05) is 32.5 Å². The number of pyridine rings is 1. The molecule has 3 heterocycles. The van der Waals surface area contributed by atoms with Crippen LogP contribution in [-0.4, -0.2) is 42.6 Å². The van der Waals surface area contributed by atoms with Gasteiger partial charge in [-0.25, -0.2) is 4.98 Å². The number of nitrogen functional groups attached to an aromatic ring is 1. The van der Waals surface area contributed by atoms with Crippen molar-refractivity contribution in [1.82, 2.24) is 9.88 Å². The van der Waals surface area contributed by atoms with Gasteiger partial charge in [0, 0.05) is 18.7 Å². The number of nitrogens with two attached hydrogens (primary N) is 1. The van der Waals surface area contributed by atoms with E-state index < -0.39 is 0 Å². The number of aromatic nitrogens is 1. The highest BCUT2D eigenvalue weighted by atomic mass is 16.5. The van der Waals surface area contributed by atoms with Crippen molar-refractivity contribution >= 4 is 11.7 Å². The smallest absolute Gasteiger partial charge is 0.272 e. The van der Waals surface area contributed by atoms with Crippen LogP contribution < -0.4 is 10.5 Å². The zero-order valence-electron chi connectivity index (χ0n) is 14.9. The van der Waals surface area contributed by atoms with E-state index in [1.54, 1.807) is 25.3 Å². The van der Waals surface area contributed by atoms with Crippen LogP contribution in [0.5, 0.6) is 5.75 Å². The molecule has 1 fully saturated rings. The Labute approximate surface area is 152 Å². The topological polar surface area (TPSA) is 77.7 Å². The molecule has 2 N–H and O–H groups in total. The molecule has 4 rings (SSSR count). The fraction of sp³-hybridized carbons (Fsp3) is 0.400. The molecule has 6 nitrogen and oxygen atoms in total. The highest BCUT2D eigenvalue weighted by Crippen LogP contribution is 2.45. The van der Waals surface area contributed by atoms with Gasteiger partial charge in [-0.3, -0.25) is 4.79 Å². The third kappa shape index (κ3) is 2.80. The number of anilines is 1. The minimum Gasteiger partial charge on any atom is -0.496 e. The van der Waals surface area contributed by atoms with E-state index in [9.17, 15) is 4.79 Å². The summed E-state index contributed by atoms with van der Waals surface area (Å²) in [7, 11) is 1.70. The molecule has 0 aliphatic carbocycles. The number of piperidine rings is 1. The Balaban J connectivity index is 1.57. The number of rotatable bonds is 2. The van der Waals surface area contributed by atoms with Crippen LogP contribution in [0, 0.1) is 0 Å². The van der Waals surface area contributed by atoms with Crippen LogP contribution in [-0.2, 0) is 16.8 Å². The lowest BCUT2D eigenvalue weighted by molar-refractivity contribution is -0.0947. The first-order valence-corrected chi connectivity index (χ1v) is 8.95. The first-order chi connectivity index (χ1) is 12.6. The standard InChI is InChI=1S/C20H23N3O3/c1-25-16-6-2-4-14-8-13-26-20(18(14)16)9-11-23(12-10-20)19(24)15-5-3-7-17(21)22-15/h2-7H,8-13H2,1H3,(H2,21,22). The van der Waals surface area contributed by atoms with Crippen LogP contribution in [0.15, 0.2) is 36.4 Å². The number of benzene rings is 1. The first kappa shape index (κ1) is 16.8. The van der Waals surface area contributed by atoms with E-state index in [0.717, 1.165) is 30.6 Å².